The van der Waals surface area contributed by atoms with Crippen LogP contribution in [0.5, 0.6) is 0 Å². The number of hydrogen-bond donors (Lipinski definition) is 0. The summed E-state index contributed by atoms with van der Waals surface area (Å²) in [5.74, 6) is 0. The van der Waals surface area contributed by atoms with E-state index in [0.29, 0.717) is 0 Å². The first kappa shape index (κ1) is 34.4. The number of nitrogens with zero attached hydrogens (tertiary/aromatic N) is 1. The van der Waals surface area contributed by atoms with Crippen LogP contribution in [0, 0.1) is 0 Å². The SMILES string of the molecule is CC1(C)c2ccccc2-c2ccc(N(c3cccc(-c4ccc(-c5ccccc5)cc4)c3)c3ccc4oc5cc6c(cc5c4c3)oc3ccc(-c4ccccc4)cc36)cc21. The number of rotatable bonds is 6. The van der Waals surface area contributed by atoms with Gasteiger partial charge in [-0.2, -0.15) is 0 Å². The van der Waals surface area contributed by atoms with Crippen LogP contribution < -0.4 is 4.90 Å². The van der Waals surface area contributed by atoms with E-state index in [0.717, 1.165) is 72.1 Å². The zero-order valence-corrected chi connectivity index (χ0v) is 33.3. The fraction of sp³-hybridized carbons (Fsp3) is 0.0526. The zero-order chi connectivity index (χ0) is 40.0. The van der Waals surface area contributed by atoms with Crippen molar-refractivity contribution >= 4 is 60.9 Å². The molecular weight excluding hydrogens is 731 g/mol. The van der Waals surface area contributed by atoms with Crippen LogP contribution in [0.1, 0.15) is 25.0 Å². The number of hydrogen-bond acceptors (Lipinski definition) is 3. The average molecular weight is 770 g/mol. The van der Waals surface area contributed by atoms with E-state index in [1.54, 1.807) is 0 Å². The number of benzene rings is 9. The van der Waals surface area contributed by atoms with Gasteiger partial charge in [-0.25, -0.2) is 0 Å². The molecule has 0 N–H and O–H groups in total. The van der Waals surface area contributed by atoms with E-state index in [-0.39, 0.29) is 5.41 Å². The number of anilines is 3. The summed E-state index contributed by atoms with van der Waals surface area (Å²) in [7, 11) is 0. The van der Waals surface area contributed by atoms with Gasteiger partial charge in [-0.05, 0) is 122 Å². The molecule has 2 aromatic heterocycles. The van der Waals surface area contributed by atoms with Crippen molar-refractivity contribution in [1.29, 1.82) is 0 Å². The van der Waals surface area contributed by atoms with Gasteiger partial charge in [-0.1, -0.05) is 147 Å². The second-order valence-electron chi connectivity index (χ2n) is 16.5. The van der Waals surface area contributed by atoms with Crippen LogP contribution >= 0.6 is 0 Å². The maximum Gasteiger partial charge on any atom is 0.136 e. The maximum atomic E-state index is 6.62. The molecule has 3 nitrogen and oxygen atoms in total. The normalized spacial score (nSPS) is 13.0. The summed E-state index contributed by atoms with van der Waals surface area (Å²) < 4.78 is 13.1. The Balaban J connectivity index is 1.00. The van der Waals surface area contributed by atoms with Gasteiger partial charge >= 0.3 is 0 Å². The summed E-state index contributed by atoms with van der Waals surface area (Å²) in [6, 6.07) is 72.0. The third-order valence-electron chi connectivity index (χ3n) is 12.7. The third-order valence-corrected chi connectivity index (χ3v) is 12.7. The topological polar surface area (TPSA) is 29.5 Å². The highest BCUT2D eigenvalue weighted by molar-refractivity contribution is 6.15. The van der Waals surface area contributed by atoms with Crippen LogP contribution in [0.15, 0.2) is 209 Å². The van der Waals surface area contributed by atoms with Gasteiger partial charge in [-0.3, -0.25) is 0 Å². The Morgan fingerprint density at radius 3 is 1.50 bits per heavy atom. The van der Waals surface area contributed by atoms with Gasteiger partial charge in [0.05, 0.1) is 0 Å². The standard InChI is InChI=1S/C57H39NO2/c1-57(2)51-19-10-9-18-45(51)46-27-25-44(33-52(46)57)58(42-17-11-16-40(30-42)39-22-20-38(21-23-39)36-12-5-3-6-13-36)43-26-29-54-48(32-43)50-35-55-49(34-56(50)60-54)47-31-41(24-28-53(47)59-55)37-14-7-4-8-15-37/h3-35H,1-2H3. The van der Waals surface area contributed by atoms with E-state index in [2.05, 4.69) is 213 Å². The first-order chi connectivity index (χ1) is 29.5. The Bertz CT molecular complexity index is 3450. The minimum Gasteiger partial charge on any atom is -0.456 e. The quantitative estimate of drug-likeness (QED) is 0.169. The molecule has 60 heavy (non-hydrogen) atoms. The molecule has 0 atom stereocenters. The van der Waals surface area contributed by atoms with Crippen molar-refractivity contribution in [2.75, 3.05) is 4.90 Å². The smallest absolute Gasteiger partial charge is 0.136 e. The highest BCUT2D eigenvalue weighted by Crippen LogP contribution is 2.51. The molecule has 0 fully saturated rings. The van der Waals surface area contributed by atoms with Crippen molar-refractivity contribution in [1.82, 2.24) is 0 Å². The van der Waals surface area contributed by atoms with Crippen LogP contribution in [0.25, 0.3) is 88.4 Å². The van der Waals surface area contributed by atoms with Crippen molar-refractivity contribution in [2.24, 2.45) is 0 Å². The molecular formula is C57H39NO2. The molecule has 0 radical (unpaired) electrons. The van der Waals surface area contributed by atoms with Crippen LogP contribution in [0.3, 0.4) is 0 Å². The van der Waals surface area contributed by atoms with E-state index in [9.17, 15) is 0 Å². The average Bonchev–Trinajstić information content (AvgIpc) is 3.92. The third kappa shape index (κ3) is 5.43. The minimum atomic E-state index is -0.138. The Morgan fingerprint density at radius 1 is 0.317 bits per heavy atom. The molecule has 3 heteroatoms. The predicted molar refractivity (Wildman–Crippen MR) is 250 cm³/mol. The van der Waals surface area contributed by atoms with Crippen molar-refractivity contribution in [3.8, 4) is 44.5 Å². The Hall–Kier alpha value is -7.62. The molecule has 9 aromatic carbocycles. The lowest BCUT2D eigenvalue weighted by atomic mass is 9.82. The largest absolute Gasteiger partial charge is 0.456 e. The fourth-order valence-electron chi connectivity index (χ4n) is 9.57. The lowest BCUT2D eigenvalue weighted by Crippen LogP contribution is -2.16. The van der Waals surface area contributed by atoms with Gasteiger partial charge in [0.1, 0.15) is 22.3 Å². The molecule has 1 aliphatic carbocycles. The summed E-state index contributed by atoms with van der Waals surface area (Å²) >= 11 is 0. The van der Waals surface area contributed by atoms with E-state index >= 15 is 0 Å². The highest BCUT2D eigenvalue weighted by atomic mass is 16.3. The summed E-state index contributed by atoms with van der Waals surface area (Å²) in [6.07, 6.45) is 0. The molecule has 11 aromatic rings. The van der Waals surface area contributed by atoms with E-state index in [4.69, 9.17) is 8.83 Å². The van der Waals surface area contributed by atoms with Crippen LogP contribution in [0.2, 0.25) is 0 Å². The lowest BCUT2D eigenvalue weighted by Gasteiger charge is -2.28. The molecule has 12 rings (SSSR count). The van der Waals surface area contributed by atoms with Gasteiger partial charge in [0.15, 0.2) is 0 Å². The predicted octanol–water partition coefficient (Wildman–Crippen LogP) is 16.3. The molecule has 1 aliphatic rings. The first-order valence-electron chi connectivity index (χ1n) is 20.6. The fourth-order valence-corrected chi connectivity index (χ4v) is 9.57. The van der Waals surface area contributed by atoms with Crippen LogP contribution in [-0.4, -0.2) is 0 Å². The second kappa shape index (κ2) is 13.2. The van der Waals surface area contributed by atoms with E-state index < -0.39 is 0 Å². The highest BCUT2D eigenvalue weighted by Gasteiger charge is 2.35. The first-order valence-corrected chi connectivity index (χ1v) is 20.6. The Morgan fingerprint density at radius 2 is 0.783 bits per heavy atom. The molecule has 0 spiro atoms. The molecule has 284 valence electrons. The van der Waals surface area contributed by atoms with Crippen molar-refractivity contribution in [3.63, 3.8) is 0 Å². The van der Waals surface area contributed by atoms with Gasteiger partial charge in [-0.15, -0.1) is 0 Å². The molecule has 0 amide bonds. The number of fused-ring (bicyclic) bond motifs is 9. The number of furan rings is 2. The minimum absolute atomic E-state index is 0.138. The summed E-state index contributed by atoms with van der Waals surface area (Å²) in [5.41, 5.74) is 18.9. The molecule has 0 bridgehead atoms. The molecule has 0 unspecified atom stereocenters. The van der Waals surface area contributed by atoms with Gasteiger partial charge in [0.25, 0.3) is 0 Å². The monoisotopic (exact) mass is 769 g/mol. The van der Waals surface area contributed by atoms with Gasteiger partial charge in [0.2, 0.25) is 0 Å². The van der Waals surface area contributed by atoms with Crippen LogP contribution in [-0.2, 0) is 5.41 Å². The van der Waals surface area contributed by atoms with Crippen molar-refractivity contribution in [2.45, 2.75) is 19.3 Å². The van der Waals surface area contributed by atoms with Crippen molar-refractivity contribution in [3.05, 3.63) is 211 Å². The van der Waals surface area contributed by atoms with E-state index in [1.807, 2.05) is 6.07 Å². The van der Waals surface area contributed by atoms with Crippen LogP contribution in [0.4, 0.5) is 17.1 Å². The summed E-state index contributed by atoms with van der Waals surface area (Å²) in [4.78, 5) is 2.39. The molecule has 2 heterocycles. The molecule has 0 saturated heterocycles. The Kier molecular flexibility index (Phi) is 7.58. The van der Waals surface area contributed by atoms with E-state index in [1.165, 1.54) is 44.5 Å². The maximum absolute atomic E-state index is 6.62. The van der Waals surface area contributed by atoms with Gasteiger partial charge < -0.3 is 13.7 Å². The summed E-state index contributed by atoms with van der Waals surface area (Å²) in [6.45, 7) is 4.69. The second-order valence-corrected chi connectivity index (χ2v) is 16.5. The zero-order valence-electron chi connectivity index (χ0n) is 33.3. The molecule has 0 aliphatic heterocycles. The summed E-state index contributed by atoms with van der Waals surface area (Å²) in [5, 5.41) is 4.20. The molecule has 0 saturated carbocycles. The van der Waals surface area contributed by atoms with Gasteiger partial charge in [0, 0.05) is 44.0 Å². The lowest BCUT2D eigenvalue weighted by molar-refractivity contribution is 0.660. The Labute approximate surface area is 348 Å². The van der Waals surface area contributed by atoms with Crippen molar-refractivity contribution < 1.29 is 8.83 Å².